The van der Waals surface area contributed by atoms with E-state index in [4.69, 9.17) is 4.74 Å². The zero-order valence-electron chi connectivity index (χ0n) is 14.4. The van der Waals surface area contributed by atoms with E-state index in [1.54, 1.807) is 12.1 Å². The number of rotatable bonds is 7. The van der Waals surface area contributed by atoms with Crippen LogP contribution in [0.4, 0.5) is 10.5 Å². The standard InChI is InChI=1S/C17H27N3O3/c1-5-18-15(21)13-7-9-14(10-8-13)19-11-6-12-20-16(22)23-17(2,3)4/h7-10,19H,5-6,11-12H2,1-4H3,(H,18,21)(H,20,22). The second-order valence-corrected chi connectivity index (χ2v) is 6.15. The molecule has 0 radical (unpaired) electrons. The van der Waals surface area contributed by atoms with Gasteiger partial charge in [0.15, 0.2) is 0 Å². The average Bonchev–Trinajstić information content (AvgIpc) is 2.46. The molecule has 0 aliphatic carbocycles. The first-order valence-corrected chi connectivity index (χ1v) is 7.91. The van der Waals surface area contributed by atoms with Gasteiger partial charge in [-0.25, -0.2) is 4.79 Å². The summed E-state index contributed by atoms with van der Waals surface area (Å²) in [6, 6.07) is 7.30. The van der Waals surface area contributed by atoms with Crippen LogP contribution in [0.15, 0.2) is 24.3 Å². The molecule has 0 unspecified atom stereocenters. The van der Waals surface area contributed by atoms with Gasteiger partial charge in [-0.15, -0.1) is 0 Å². The van der Waals surface area contributed by atoms with Gasteiger partial charge in [-0.05, 0) is 58.4 Å². The number of hydrogen-bond donors (Lipinski definition) is 3. The highest BCUT2D eigenvalue weighted by Gasteiger charge is 2.15. The summed E-state index contributed by atoms with van der Waals surface area (Å²) in [6.45, 7) is 9.26. The van der Waals surface area contributed by atoms with Gasteiger partial charge in [-0.2, -0.15) is 0 Å². The third-order valence-electron chi connectivity index (χ3n) is 2.84. The van der Waals surface area contributed by atoms with E-state index >= 15 is 0 Å². The van der Waals surface area contributed by atoms with Crippen molar-refractivity contribution in [3.63, 3.8) is 0 Å². The molecule has 0 saturated carbocycles. The minimum Gasteiger partial charge on any atom is -0.444 e. The molecule has 1 aromatic carbocycles. The maximum absolute atomic E-state index is 11.6. The van der Waals surface area contributed by atoms with Crippen LogP contribution in [0.25, 0.3) is 0 Å². The van der Waals surface area contributed by atoms with E-state index in [0.717, 1.165) is 18.7 Å². The van der Waals surface area contributed by atoms with E-state index in [9.17, 15) is 9.59 Å². The number of nitrogens with one attached hydrogen (secondary N) is 3. The summed E-state index contributed by atoms with van der Waals surface area (Å²) in [4.78, 5) is 23.1. The minimum atomic E-state index is -0.478. The Morgan fingerprint density at radius 3 is 2.26 bits per heavy atom. The summed E-state index contributed by atoms with van der Waals surface area (Å²) in [5, 5.41) is 8.71. The lowest BCUT2D eigenvalue weighted by atomic mass is 10.2. The quantitative estimate of drug-likeness (QED) is 0.675. The van der Waals surface area contributed by atoms with Crippen LogP contribution in [0.1, 0.15) is 44.5 Å². The Balaban J connectivity index is 2.23. The maximum atomic E-state index is 11.6. The molecule has 0 heterocycles. The van der Waals surface area contributed by atoms with Gasteiger partial charge in [0.2, 0.25) is 0 Å². The molecule has 23 heavy (non-hydrogen) atoms. The van der Waals surface area contributed by atoms with Crippen LogP contribution in [0.5, 0.6) is 0 Å². The molecule has 3 N–H and O–H groups in total. The van der Waals surface area contributed by atoms with Crippen LogP contribution in [0.2, 0.25) is 0 Å². The SMILES string of the molecule is CCNC(=O)c1ccc(NCCCNC(=O)OC(C)(C)C)cc1. The lowest BCUT2D eigenvalue weighted by molar-refractivity contribution is 0.0527. The van der Waals surface area contributed by atoms with Crippen LogP contribution in [-0.4, -0.2) is 37.2 Å². The number of hydrogen-bond acceptors (Lipinski definition) is 4. The Labute approximate surface area is 138 Å². The van der Waals surface area contributed by atoms with Crippen molar-refractivity contribution in [3.05, 3.63) is 29.8 Å². The Kier molecular flexibility index (Phi) is 7.38. The molecule has 0 fully saturated rings. The van der Waals surface area contributed by atoms with Gasteiger partial charge in [0.25, 0.3) is 5.91 Å². The molecule has 1 aromatic rings. The third-order valence-corrected chi connectivity index (χ3v) is 2.84. The molecule has 0 aliphatic heterocycles. The van der Waals surface area contributed by atoms with E-state index in [2.05, 4.69) is 16.0 Å². The van der Waals surface area contributed by atoms with Crippen molar-refractivity contribution in [2.75, 3.05) is 25.0 Å². The first-order chi connectivity index (χ1) is 10.8. The molecule has 0 saturated heterocycles. The van der Waals surface area contributed by atoms with Crippen LogP contribution in [0.3, 0.4) is 0 Å². The Morgan fingerprint density at radius 2 is 1.70 bits per heavy atom. The molecule has 128 valence electrons. The number of amides is 2. The maximum Gasteiger partial charge on any atom is 0.407 e. The molecule has 0 spiro atoms. The van der Waals surface area contributed by atoms with Gasteiger partial charge in [0.05, 0.1) is 0 Å². The second-order valence-electron chi connectivity index (χ2n) is 6.15. The Bertz CT molecular complexity index is 507. The van der Waals surface area contributed by atoms with E-state index in [1.165, 1.54) is 0 Å². The van der Waals surface area contributed by atoms with Crippen molar-refractivity contribution in [2.45, 2.75) is 39.7 Å². The molecule has 6 nitrogen and oxygen atoms in total. The summed E-state index contributed by atoms with van der Waals surface area (Å²) < 4.78 is 5.15. The summed E-state index contributed by atoms with van der Waals surface area (Å²) in [6.07, 6.45) is 0.376. The highest BCUT2D eigenvalue weighted by atomic mass is 16.6. The van der Waals surface area contributed by atoms with Crippen molar-refractivity contribution in [1.29, 1.82) is 0 Å². The van der Waals surface area contributed by atoms with Crippen LogP contribution < -0.4 is 16.0 Å². The fourth-order valence-electron chi connectivity index (χ4n) is 1.83. The van der Waals surface area contributed by atoms with Crippen molar-refractivity contribution < 1.29 is 14.3 Å². The van der Waals surface area contributed by atoms with Crippen LogP contribution >= 0.6 is 0 Å². The average molecular weight is 321 g/mol. The molecular formula is C17H27N3O3. The molecule has 6 heteroatoms. The van der Waals surface area contributed by atoms with Gasteiger partial charge in [-0.3, -0.25) is 4.79 Å². The van der Waals surface area contributed by atoms with Crippen molar-refractivity contribution >= 4 is 17.7 Å². The first kappa shape index (κ1) is 18.8. The molecule has 2 amide bonds. The fraction of sp³-hybridized carbons (Fsp3) is 0.529. The van der Waals surface area contributed by atoms with E-state index in [-0.39, 0.29) is 5.91 Å². The molecule has 0 aliphatic rings. The molecule has 0 bridgehead atoms. The predicted octanol–water partition coefficient (Wildman–Crippen LogP) is 2.76. The highest BCUT2D eigenvalue weighted by Crippen LogP contribution is 2.09. The topological polar surface area (TPSA) is 79.5 Å². The highest BCUT2D eigenvalue weighted by molar-refractivity contribution is 5.94. The number of carbonyl (C=O) groups excluding carboxylic acids is 2. The van der Waals surface area contributed by atoms with Gasteiger partial charge < -0.3 is 20.7 Å². The van der Waals surface area contributed by atoms with Crippen LogP contribution in [-0.2, 0) is 4.74 Å². The summed E-state index contributed by atoms with van der Waals surface area (Å²) >= 11 is 0. The first-order valence-electron chi connectivity index (χ1n) is 7.91. The molecule has 0 atom stereocenters. The molecular weight excluding hydrogens is 294 g/mol. The van der Waals surface area contributed by atoms with Crippen molar-refractivity contribution in [2.24, 2.45) is 0 Å². The number of carbonyl (C=O) groups is 2. The van der Waals surface area contributed by atoms with E-state index < -0.39 is 11.7 Å². The van der Waals surface area contributed by atoms with Crippen molar-refractivity contribution in [1.82, 2.24) is 10.6 Å². The van der Waals surface area contributed by atoms with Crippen molar-refractivity contribution in [3.8, 4) is 0 Å². The Hall–Kier alpha value is -2.24. The normalized spacial score (nSPS) is 10.8. The zero-order chi connectivity index (χ0) is 17.3. The lowest BCUT2D eigenvalue weighted by Crippen LogP contribution is -2.33. The molecule has 1 rings (SSSR count). The summed E-state index contributed by atoms with van der Waals surface area (Å²) in [5.74, 6) is -0.0689. The van der Waals surface area contributed by atoms with Gasteiger partial charge in [-0.1, -0.05) is 0 Å². The largest absolute Gasteiger partial charge is 0.444 e. The van der Waals surface area contributed by atoms with Crippen LogP contribution in [0, 0.1) is 0 Å². The minimum absolute atomic E-state index is 0.0689. The number of benzene rings is 1. The van der Waals surface area contributed by atoms with Gasteiger partial charge in [0.1, 0.15) is 5.60 Å². The number of alkyl carbamates (subject to hydrolysis) is 1. The van der Waals surface area contributed by atoms with Gasteiger partial charge >= 0.3 is 6.09 Å². The molecule has 0 aromatic heterocycles. The van der Waals surface area contributed by atoms with E-state index in [0.29, 0.717) is 18.7 Å². The fourth-order valence-corrected chi connectivity index (χ4v) is 1.83. The zero-order valence-corrected chi connectivity index (χ0v) is 14.4. The number of ether oxygens (including phenoxy) is 1. The van der Waals surface area contributed by atoms with E-state index in [1.807, 2.05) is 39.8 Å². The summed E-state index contributed by atoms with van der Waals surface area (Å²) in [5.41, 5.74) is 1.10. The Morgan fingerprint density at radius 1 is 1.04 bits per heavy atom. The summed E-state index contributed by atoms with van der Waals surface area (Å²) in [7, 11) is 0. The predicted molar refractivity (Wildman–Crippen MR) is 91.8 cm³/mol. The van der Waals surface area contributed by atoms with Gasteiger partial charge in [0, 0.05) is 30.9 Å². The number of anilines is 1. The third kappa shape index (κ3) is 8.09. The second kappa shape index (κ2) is 9.02. The lowest BCUT2D eigenvalue weighted by Gasteiger charge is -2.19. The smallest absolute Gasteiger partial charge is 0.407 e. The monoisotopic (exact) mass is 321 g/mol.